The van der Waals surface area contributed by atoms with Crippen LogP contribution in [0.2, 0.25) is 0 Å². The molecule has 1 aromatic rings. The Morgan fingerprint density at radius 3 is 2.47 bits per heavy atom. The van der Waals surface area contributed by atoms with Gasteiger partial charge in [-0.2, -0.15) is 0 Å². The van der Waals surface area contributed by atoms with Crippen LogP contribution >= 0.6 is 0 Å². The van der Waals surface area contributed by atoms with Gasteiger partial charge in [0.05, 0.1) is 0 Å². The van der Waals surface area contributed by atoms with E-state index in [2.05, 4.69) is 6.92 Å². The Bertz CT molecular complexity index is 339. The average molecular weight is 237 g/mol. The lowest BCUT2D eigenvalue weighted by atomic mass is 9.93. The number of unbranched alkanes of at least 4 members (excludes halogenated alkanes) is 3. The summed E-state index contributed by atoms with van der Waals surface area (Å²) in [4.78, 5) is 0. The molecule has 0 aromatic heterocycles. The first-order valence-electron chi connectivity index (χ1n) is 6.41. The van der Waals surface area contributed by atoms with Crippen LogP contribution in [0, 0.1) is 0 Å². The summed E-state index contributed by atoms with van der Waals surface area (Å²) < 4.78 is 0. The molecule has 1 rings (SSSR count). The van der Waals surface area contributed by atoms with E-state index < -0.39 is 0 Å². The van der Waals surface area contributed by atoms with Gasteiger partial charge in [-0.05, 0) is 36.6 Å². The normalized spacial score (nSPS) is 12.6. The number of phenolic OH excluding ortho intramolecular Hbond substituents is 2. The quantitative estimate of drug-likeness (QED) is 0.504. The van der Waals surface area contributed by atoms with Gasteiger partial charge in [0.15, 0.2) is 11.5 Å². The van der Waals surface area contributed by atoms with Crippen molar-refractivity contribution < 1.29 is 10.2 Å². The van der Waals surface area contributed by atoms with E-state index in [1.54, 1.807) is 6.07 Å². The van der Waals surface area contributed by atoms with Gasteiger partial charge in [0, 0.05) is 0 Å². The number of aromatic hydroxyl groups is 2. The zero-order valence-electron chi connectivity index (χ0n) is 10.5. The third kappa shape index (κ3) is 4.27. The predicted molar refractivity (Wildman–Crippen MR) is 70.3 cm³/mol. The van der Waals surface area contributed by atoms with Gasteiger partial charge in [0.1, 0.15) is 0 Å². The van der Waals surface area contributed by atoms with Gasteiger partial charge in [-0.15, -0.1) is 0 Å². The van der Waals surface area contributed by atoms with Crippen LogP contribution in [0.3, 0.4) is 0 Å². The average Bonchev–Trinajstić information content (AvgIpc) is 2.33. The second kappa shape index (κ2) is 7.17. The van der Waals surface area contributed by atoms with Crippen molar-refractivity contribution in [2.24, 2.45) is 5.73 Å². The number of hydrogen-bond acceptors (Lipinski definition) is 3. The lowest BCUT2D eigenvalue weighted by Crippen LogP contribution is -2.12. The third-order valence-corrected chi connectivity index (χ3v) is 3.16. The fourth-order valence-corrected chi connectivity index (χ4v) is 2.03. The van der Waals surface area contributed by atoms with E-state index in [1.807, 2.05) is 6.07 Å². The van der Waals surface area contributed by atoms with Crippen LogP contribution in [0.5, 0.6) is 11.5 Å². The van der Waals surface area contributed by atoms with Crippen LogP contribution < -0.4 is 5.73 Å². The molecule has 1 aromatic carbocycles. The van der Waals surface area contributed by atoms with Crippen LogP contribution in [-0.4, -0.2) is 16.8 Å². The van der Waals surface area contributed by atoms with Crippen molar-refractivity contribution in [3.8, 4) is 11.5 Å². The van der Waals surface area contributed by atoms with Gasteiger partial charge in [-0.3, -0.25) is 0 Å². The van der Waals surface area contributed by atoms with Crippen LogP contribution in [0.25, 0.3) is 0 Å². The topological polar surface area (TPSA) is 66.5 Å². The van der Waals surface area contributed by atoms with Gasteiger partial charge in [-0.1, -0.05) is 38.7 Å². The van der Waals surface area contributed by atoms with Crippen molar-refractivity contribution in [2.45, 2.75) is 44.9 Å². The summed E-state index contributed by atoms with van der Waals surface area (Å²) in [5.74, 6) is 0.142. The molecule has 0 saturated heterocycles. The molecule has 0 heterocycles. The number of hydrogen-bond donors (Lipinski definition) is 3. The largest absolute Gasteiger partial charge is 0.504 e. The molecule has 0 amide bonds. The van der Waals surface area contributed by atoms with E-state index in [0.717, 1.165) is 18.4 Å². The molecule has 0 spiro atoms. The number of nitrogens with two attached hydrogens (primary N) is 1. The summed E-state index contributed by atoms with van der Waals surface area (Å²) in [6.45, 7) is 2.77. The van der Waals surface area contributed by atoms with Gasteiger partial charge < -0.3 is 15.9 Å². The zero-order valence-corrected chi connectivity index (χ0v) is 10.5. The fourth-order valence-electron chi connectivity index (χ4n) is 2.03. The molecule has 0 fully saturated rings. The van der Waals surface area contributed by atoms with Crippen LogP contribution in [0.1, 0.15) is 50.5 Å². The molecule has 1 unspecified atom stereocenters. The van der Waals surface area contributed by atoms with Crippen LogP contribution in [0.4, 0.5) is 0 Å². The third-order valence-electron chi connectivity index (χ3n) is 3.16. The summed E-state index contributed by atoms with van der Waals surface area (Å²) in [6.07, 6.45) is 5.93. The maximum Gasteiger partial charge on any atom is 0.157 e. The highest BCUT2D eigenvalue weighted by molar-refractivity contribution is 5.41. The maximum absolute atomic E-state index is 9.46. The first-order valence-corrected chi connectivity index (χ1v) is 6.41. The summed E-state index contributed by atoms with van der Waals surface area (Å²) >= 11 is 0. The molecular weight excluding hydrogens is 214 g/mol. The van der Waals surface area contributed by atoms with Crippen molar-refractivity contribution in [3.63, 3.8) is 0 Å². The SMILES string of the molecule is CCCCCCC(CN)c1ccc(O)c(O)c1. The standard InChI is InChI=1S/C14H23NO2/c1-2-3-4-5-6-12(10-15)11-7-8-13(16)14(17)9-11/h7-9,12,16-17H,2-6,10,15H2,1H3. The highest BCUT2D eigenvalue weighted by Crippen LogP contribution is 2.30. The first kappa shape index (κ1) is 13.8. The Morgan fingerprint density at radius 1 is 1.12 bits per heavy atom. The highest BCUT2D eigenvalue weighted by Gasteiger charge is 2.11. The Labute approximate surface area is 103 Å². The van der Waals surface area contributed by atoms with Gasteiger partial charge >= 0.3 is 0 Å². The second-order valence-electron chi connectivity index (χ2n) is 4.53. The summed E-state index contributed by atoms with van der Waals surface area (Å²) in [5, 5.41) is 18.7. The number of rotatable bonds is 7. The minimum absolute atomic E-state index is 0.0606. The summed E-state index contributed by atoms with van der Waals surface area (Å²) in [7, 11) is 0. The molecule has 0 radical (unpaired) electrons. The Kier molecular flexibility index (Phi) is 5.84. The van der Waals surface area contributed by atoms with E-state index in [9.17, 15) is 10.2 Å². The van der Waals surface area contributed by atoms with E-state index in [-0.39, 0.29) is 17.4 Å². The van der Waals surface area contributed by atoms with Crippen molar-refractivity contribution >= 4 is 0 Å². The van der Waals surface area contributed by atoms with E-state index in [4.69, 9.17) is 5.73 Å². The molecule has 0 bridgehead atoms. The molecule has 0 aliphatic carbocycles. The molecule has 1 atom stereocenters. The zero-order chi connectivity index (χ0) is 12.7. The van der Waals surface area contributed by atoms with E-state index in [1.165, 1.54) is 25.3 Å². The first-order chi connectivity index (χ1) is 8.19. The number of benzene rings is 1. The Hall–Kier alpha value is -1.22. The fraction of sp³-hybridized carbons (Fsp3) is 0.571. The smallest absolute Gasteiger partial charge is 0.157 e. The van der Waals surface area contributed by atoms with Crippen molar-refractivity contribution in [1.82, 2.24) is 0 Å². The van der Waals surface area contributed by atoms with Crippen molar-refractivity contribution in [2.75, 3.05) is 6.54 Å². The van der Waals surface area contributed by atoms with Crippen LogP contribution in [-0.2, 0) is 0 Å². The Balaban J connectivity index is 2.56. The lowest BCUT2D eigenvalue weighted by molar-refractivity contribution is 0.402. The van der Waals surface area contributed by atoms with Crippen LogP contribution in [0.15, 0.2) is 18.2 Å². The molecule has 0 aliphatic rings. The lowest BCUT2D eigenvalue weighted by Gasteiger charge is -2.15. The predicted octanol–water partition coefficient (Wildman–Crippen LogP) is 3.11. The van der Waals surface area contributed by atoms with E-state index >= 15 is 0 Å². The van der Waals surface area contributed by atoms with Gasteiger partial charge in [0.25, 0.3) is 0 Å². The molecule has 0 aliphatic heterocycles. The second-order valence-corrected chi connectivity index (χ2v) is 4.53. The Morgan fingerprint density at radius 2 is 1.88 bits per heavy atom. The number of phenols is 2. The molecule has 0 saturated carbocycles. The van der Waals surface area contributed by atoms with E-state index in [0.29, 0.717) is 6.54 Å². The minimum Gasteiger partial charge on any atom is -0.504 e. The molecular formula is C14H23NO2. The van der Waals surface area contributed by atoms with Gasteiger partial charge in [0.2, 0.25) is 0 Å². The maximum atomic E-state index is 9.46. The summed E-state index contributed by atoms with van der Waals surface area (Å²) in [5.41, 5.74) is 6.78. The van der Waals surface area contributed by atoms with Crippen molar-refractivity contribution in [3.05, 3.63) is 23.8 Å². The molecule has 3 heteroatoms. The monoisotopic (exact) mass is 237 g/mol. The molecule has 3 nitrogen and oxygen atoms in total. The summed E-state index contributed by atoms with van der Waals surface area (Å²) in [6, 6.07) is 4.98. The molecule has 4 N–H and O–H groups in total. The molecule has 96 valence electrons. The van der Waals surface area contributed by atoms with Crippen molar-refractivity contribution in [1.29, 1.82) is 0 Å². The van der Waals surface area contributed by atoms with Gasteiger partial charge in [-0.25, -0.2) is 0 Å². The highest BCUT2D eigenvalue weighted by atomic mass is 16.3. The molecule has 17 heavy (non-hydrogen) atoms. The minimum atomic E-state index is -0.0736.